The van der Waals surface area contributed by atoms with Gasteiger partial charge in [0.1, 0.15) is 5.75 Å². The minimum atomic E-state index is -0.246. The predicted octanol–water partition coefficient (Wildman–Crippen LogP) is 4.62. The number of pyridine rings is 1. The third-order valence-electron chi connectivity index (χ3n) is 4.48. The Labute approximate surface area is 164 Å². The van der Waals surface area contributed by atoms with Crippen molar-refractivity contribution in [1.82, 2.24) is 9.88 Å². The summed E-state index contributed by atoms with van der Waals surface area (Å²) in [6.45, 7) is 0.439. The molecule has 4 nitrogen and oxygen atoms in total. The molecule has 5 heteroatoms. The van der Waals surface area contributed by atoms with Gasteiger partial charge in [0.25, 0.3) is 0 Å². The number of hydrogen-bond acceptors (Lipinski definition) is 3. The van der Waals surface area contributed by atoms with Gasteiger partial charge in [0.2, 0.25) is 5.91 Å². The Hall–Kier alpha value is -2.85. The molecule has 0 unspecified atom stereocenters. The van der Waals surface area contributed by atoms with Crippen molar-refractivity contribution in [3.63, 3.8) is 0 Å². The van der Waals surface area contributed by atoms with E-state index in [0.29, 0.717) is 11.6 Å². The first-order valence-corrected chi connectivity index (χ1v) is 9.09. The zero-order valence-corrected chi connectivity index (χ0v) is 15.8. The van der Waals surface area contributed by atoms with Crippen molar-refractivity contribution in [1.29, 1.82) is 0 Å². The molecule has 0 spiro atoms. The standard InChI is InChI=1S/C22H21ClN2O2/c1-25(15-17-8-4-5-12-24-17)22(27)14-20(16-7-6-9-18(26)13-16)19-10-2-3-11-21(19)23/h2-13,20,26H,14-15H2,1H3/t20-/m0/s1. The summed E-state index contributed by atoms with van der Waals surface area (Å²) in [5, 5.41) is 10.5. The molecule has 1 heterocycles. The highest BCUT2D eigenvalue weighted by molar-refractivity contribution is 6.31. The third kappa shape index (κ3) is 4.86. The van der Waals surface area contributed by atoms with E-state index in [-0.39, 0.29) is 24.0 Å². The number of phenols is 1. The highest BCUT2D eigenvalue weighted by Gasteiger charge is 2.23. The van der Waals surface area contributed by atoms with Crippen LogP contribution in [0.4, 0.5) is 0 Å². The molecular formula is C22H21ClN2O2. The molecular weight excluding hydrogens is 360 g/mol. The molecule has 1 aromatic heterocycles. The molecule has 0 fully saturated rings. The lowest BCUT2D eigenvalue weighted by atomic mass is 9.88. The molecule has 0 radical (unpaired) electrons. The Morgan fingerprint density at radius 3 is 2.59 bits per heavy atom. The third-order valence-corrected chi connectivity index (χ3v) is 4.83. The maximum Gasteiger partial charge on any atom is 0.223 e. The number of aromatic hydroxyl groups is 1. The summed E-state index contributed by atoms with van der Waals surface area (Å²) in [7, 11) is 1.77. The minimum absolute atomic E-state index is 0.0195. The summed E-state index contributed by atoms with van der Waals surface area (Å²) in [5.74, 6) is -0.0998. The molecule has 138 valence electrons. The highest BCUT2D eigenvalue weighted by atomic mass is 35.5. The Bertz CT molecular complexity index is 915. The van der Waals surface area contributed by atoms with Gasteiger partial charge in [0.05, 0.1) is 12.2 Å². The van der Waals surface area contributed by atoms with Crippen LogP contribution >= 0.6 is 11.6 Å². The van der Waals surface area contributed by atoms with E-state index in [2.05, 4.69) is 4.98 Å². The quantitative estimate of drug-likeness (QED) is 0.678. The second-order valence-electron chi connectivity index (χ2n) is 6.44. The average molecular weight is 381 g/mol. The molecule has 3 rings (SSSR count). The van der Waals surface area contributed by atoms with Crippen molar-refractivity contribution >= 4 is 17.5 Å². The average Bonchev–Trinajstić information content (AvgIpc) is 2.67. The van der Waals surface area contributed by atoms with Crippen molar-refractivity contribution < 1.29 is 9.90 Å². The van der Waals surface area contributed by atoms with Gasteiger partial charge in [-0.15, -0.1) is 0 Å². The summed E-state index contributed by atoms with van der Waals surface area (Å²) in [5.41, 5.74) is 2.55. The smallest absolute Gasteiger partial charge is 0.223 e. The van der Waals surface area contributed by atoms with Gasteiger partial charge in [0.15, 0.2) is 0 Å². The van der Waals surface area contributed by atoms with Crippen molar-refractivity contribution in [3.8, 4) is 5.75 Å². The van der Waals surface area contributed by atoms with Crippen LogP contribution in [0.3, 0.4) is 0 Å². The van der Waals surface area contributed by atoms with Gasteiger partial charge < -0.3 is 10.0 Å². The van der Waals surface area contributed by atoms with E-state index >= 15 is 0 Å². The first-order valence-electron chi connectivity index (χ1n) is 8.72. The molecule has 0 saturated heterocycles. The number of hydrogen-bond donors (Lipinski definition) is 1. The van der Waals surface area contributed by atoms with Crippen molar-refractivity contribution in [3.05, 3.63) is 94.8 Å². The number of nitrogens with zero attached hydrogens (tertiary/aromatic N) is 2. The molecule has 1 amide bonds. The van der Waals surface area contributed by atoms with E-state index in [4.69, 9.17) is 11.6 Å². The van der Waals surface area contributed by atoms with E-state index in [0.717, 1.165) is 16.8 Å². The number of carbonyl (C=O) groups is 1. The van der Waals surface area contributed by atoms with Crippen molar-refractivity contribution in [2.75, 3.05) is 7.05 Å². The number of amides is 1. The second kappa shape index (κ2) is 8.69. The number of benzene rings is 2. The Balaban J connectivity index is 1.85. The predicted molar refractivity (Wildman–Crippen MR) is 107 cm³/mol. The van der Waals surface area contributed by atoms with Crippen LogP contribution in [0.1, 0.15) is 29.2 Å². The fourth-order valence-electron chi connectivity index (χ4n) is 3.06. The molecule has 27 heavy (non-hydrogen) atoms. The monoisotopic (exact) mass is 380 g/mol. The van der Waals surface area contributed by atoms with Crippen LogP contribution in [0, 0.1) is 0 Å². The van der Waals surface area contributed by atoms with Crippen molar-refractivity contribution in [2.24, 2.45) is 0 Å². The first-order chi connectivity index (χ1) is 13.0. The van der Waals surface area contributed by atoms with Gasteiger partial charge in [-0.2, -0.15) is 0 Å². The number of carbonyl (C=O) groups excluding carboxylic acids is 1. The van der Waals surface area contributed by atoms with Gasteiger partial charge in [-0.3, -0.25) is 9.78 Å². The molecule has 0 saturated carbocycles. The Morgan fingerprint density at radius 1 is 1.11 bits per heavy atom. The van der Waals surface area contributed by atoms with E-state index in [9.17, 15) is 9.90 Å². The van der Waals surface area contributed by atoms with Gasteiger partial charge in [-0.1, -0.05) is 48.0 Å². The van der Waals surface area contributed by atoms with Gasteiger partial charge in [0, 0.05) is 30.6 Å². The van der Waals surface area contributed by atoms with Gasteiger partial charge in [-0.25, -0.2) is 0 Å². The fraction of sp³-hybridized carbons (Fsp3) is 0.182. The van der Waals surface area contributed by atoms with Crippen LogP contribution in [0.2, 0.25) is 5.02 Å². The summed E-state index contributed by atoms with van der Waals surface area (Å²) in [6, 6.07) is 20.1. The van der Waals surface area contributed by atoms with Crippen LogP contribution in [-0.4, -0.2) is 27.9 Å². The highest BCUT2D eigenvalue weighted by Crippen LogP contribution is 2.34. The molecule has 0 aliphatic rings. The number of phenolic OH excluding ortho intramolecular Hbond substituents is 1. The zero-order chi connectivity index (χ0) is 19.2. The van der Waals surface area contributed by atoms with Crippen LogP contribution < -0.4 is 0 Å². The van der Waals surface area contributed by atoms with Crippen LogP contribution in [0.25, 0.3) is 0 Å². The molecule has 1 N–H and O–H groups in total. The summed E-state index contributed by atoms with van der Waals surface area (Å²) in [6.07, 6.45) is 1.96. The molecule has 3 aromatic rings. The van der Waals surface area contributed by atoms with Gasteiger partial charge in [-0.05, 0) is 41.5 Å². The van der Waals surface area contributed by atoms with Gasteiger partial charge >= 0.3 is 0 Å². The summed E-state index contributed by atoms with van der Waals surface area (Å²) >= 11 is 6.40. The summed E-state index contributed by atoms with van der Waals surface area (Å²) in [4.78, 5) is 18.8. The van der Waals surface area contributed by atoms with E-state index in [1.807, 2.05) is 48.5 Å². The largest absolute Gasteiger partial charge is 0.508 e. The normalized spacial score (nSPS) is 11.8. The Kier molecular flexibility index (Phi) is 6.09. The first kappa shape index (κ1) is 18.9. The van der Waals surface area contributed by atoms with Crippen LogP contribution in [-0.2, 0) is 11.3 Å². The van der Waals surface area contributed by atoms with Crippen LogP contribution in [0.15, 0.2) is 72.9 Å². The Morgan fingerprint density at radius 2 is 1.89 bits per heavy atom. The number of halogens is 1. The second-order valence-corrected chi connectivity index (χ2v) is 6.85. The maximum absolute atomic E-state index is 12.9. The molecule has 2 aromatic carbocycles. The SMILES string of the molecule is CN(Cc1ccccn1)C(=O)C[C@@H](c1cccc(O)c1)c1ccccc1Cl. The summed E-state index contributed by atoms with van der Waals surface area (Å²) < 4.78 is 0. The lowest BCUT2D eigenvalue weighted by molar-refractivity contribution is -0.130. The lowest BCUT2D eigenvalue weighted by Crippen LogP contribution is -2.28. The number of rotatable bonds is 6. The molecule has 0 aliphatic carbocycles. The number of aromatic nitrogens is 1. The molecule has 0 aliphatic heterocycles. The topological polar surface area (TPSA) is 53.4 Å². The lowest BCUT2D eigenvalue weighted by Gasteiger charge is -2.23. The van der Waals surface area contributed by atoms with E-state index in [1.54, 1.807) is 36.3 Å². The fourth-order valence-corrected chi connectivity index (χ4v) is 3.33. The minimum Gasteiger partial charge on any atom is -0.508 e. The molecule has 1 atom stereocenters. The van der Waals surface area contributed by atoms with Crippen LogP contribution in [0.5, 0.6) is 5.75 Å². The van der Waals surface area contributed by atoms with E-state index < -0.39 is 0 Å². The maximum atomic E-state index is 12.9. The zero-order valence-electron chi connectivity index (χ0n) is 15.0. The van der Waals surface area contributed by atoms with Crippen molar-refractivity contribution in [2.45, 2.75) is 18.9 Å². The van der Waals surface area contributed by atoms with E-state index in [1.165, 1.54) is 0 Å². The molecule has 0 bridgehead atoms.